The monoisotopic (exact) mass is 299 g/mol. The SMILES string of the molecule is CC(=O)OC[C@@H](NC(=O)c1ccccc1)c1ccc(O)cc1. The Morgan fingerprint density at radius 3 is 2.32 bits per heavy atom. The van der Waals surface area contributed by atoms with Gasteiger partial charge in [-0.2, -0.15) is 0 Å². The molecule has 2 N–H and O–H groups in total. The van der Waals surface area contributed by atoms with E-state index in [1.165, 1.54) is 19.1 Å². The quantitative estimate of drug-likeness (QED) is 0.831. The molecule has 2 aromatic carbocycles. The van der Waals surface area contributed by atoms with Crippen molar-refractivity contribution in [1.82, 2.24) is 5.32 Å². The molecule has 0 bridgehead atoms. The molecule has 0 saturated heterocycles. The fourth-order valence-corrected chi connectivity index (χ4v) is 1.96. The molecule has 0 heterocycles. The van der Waals surface area contributed by atoms with Gasteiger partial charge in [0.2, 0.25) is 0 Å². The van der Waals surface area contributed by atoms with Gasteiger partial charge in [-0.1, -0.05) is 30.3 Å². The minimum absolute atomic E-state index is 0.0265. The number of phenolic OH excluding ortho intramolecular Hbond substituents is 1. The maximum atomic E-state index is 12.2. The zero-order valence-electron chi connectivity index (χ0n) is 12.2. The molecule has 2 aromatic rings. The molecule has 0 fully saturated rings. The highest BCUT2D eigenvalue weighted by atomic mass is 16.5. The summed E-state index contributed by atoms with van der Waals surface area (Å²) >= 11 is 0. The first-order valence-electron chi connectivity index (χ1n) is 6.84. The molecular weight excluding hydrogens is 282 g/mol. The number of esters is 1. The van der Waals surface area contributed by atoms with Gasteiger partial charge in [0.25, 0.3) is 5.91 Å². The molecule has 0 aliphatic rings. The van der Waals surface area contributed by atoms with Gasteiger partial charge in [-0.25, -0.2) is 0 Å². The van der Waals surface area contributed by atoms with Crippen LogP contribution in [0.2, 0.25) is 0 Å². The molecule has 114 valence electrons. The number of hydrogen-bond acceptors (Lipinski definition) is 4. The van der Waals surface area contributed by atoms with E-state index >= 15 is 0 Å². The summed E-state index contributed by atoms with van der Waals surface area (Å²) in [5, 5.41) is 12.2. The zero-order valence-corrected chi connectivity index (χ0v) is 12.2. The summed E-state index contributed by atoms with van der Waals surface area (Å²) in [4.78, 5) is 23.3. The van der Waals surface area contributed by atoms with Crippen LogP contribution in [0.3, 0.4) is 0 Å². The van der Waals surface area contributed by atoms with E-state index in [2.05, 4.69) is 5.32 Å². The summed E-state index contributed by atoms with van der Waals surface area (Å²) in [6, 6.07) is 14.7. The number of ether oxygens (including phenoxy) is 1. The lowest BCUT2D eigenvalue weighted by Crippen LogP contribution is -2.32. The standard InChI is InChI=1S/C17H17NO4/c1-12(19)22-11-16(13-7-9-15(20)10-8-13)18-17(21)14-5-3-2-4-6-14/h2-10,16,20H,11H2,1H3,(H,18,21)/t16-/m1/s1. The molecule has 1 amide bonds. The lowest BCUT2D eigenvalue weighted by Gasteiger charge is -2.19. The largest absolute Gasteiger partial charge is 0.508 e. The Kier molecular flexibility index (Phi) is 5.14. The first-order valence-corrected chi connectivity index (χ1v) is 6.84. The fourth-order valence-electron chi connectivity index (χ4n) is 1.96. The highest BCUT2D eigenvalue weighted by Gasteiger charge is 2.17. The van der Waals surface area contributed by atoms with E-state index in [1.54, 1.807) is 36.4 Å². The maximum Gasteiger partial charge on any atom is 0.302 e. The third-order valence-electron chi connectivity index (χ3n) is 3.09. The Labute approximate surface area is 128 Å². The summed E-state index contributed by atoms with van der Waals surface area (Å²) in [6.45, 7) is 1.34. The van der Waals surface area contributed by atoms with Crippen molar-refractivity contribution in [3.63, 3.8) is 0 Å². The number of amides is 1. The van der Waals surface area contributed by atoms with Crippen LogP contribution in [0.5, 0.6) is 5.75 Å². The smallest absolute Gasteiger partial charge is 0.302 e. The Hall–Kier alpha value is -2.82. The van der Waals surface area contributed by atoms with E-state index in [0.29, 0.717) is 5.56 Å². The van der Waals surface area contributed by atoms with Crippen molar-refractivity contribution in [1.29, 1.82) is 0 Å². The lowest BCUT2D eigenvalue weighted by atomic mass is 10.1. The van der Waals surface area contributed by atoms with Gasteiger partial charge < -0.3 is 15.2 Å². The molecule has 0 unspecified atom stereocenters. The number of hydrogen-bond donors (Lipinski definition) is 2. The molecule has 0 aliphatic heterocycles. The van der Waals surface area contributed by atoms with Gasteiger partial charge in [0.1, 0.15) is 12.4 Å². The summed E-state index contributed by atoms with van der Waals surface area (Å²) in [5.74, 6) is -0.548. The predicted molar refractivity (Wildman–Crippen MR) is 81.4 cm³/mol. The second kappa shape index (κ2) is 7.26. The van der Waals surface area contributed by atoms with Gasteiger partial charge in [0.05, 0.1) is 6.04 Å². The van der Waals surface area contributed by atoms with Crippen molar-refractivity contribution in [3.05, 3.63) is 65.7 Å². The molecule has 5 nitrogen and oxygen atoms in total. The molecule has 0 aromatic heterocycles. The van der Waals surface area contributed by atoms with Crippen molar-refractivity contribution in [2.45, 2.75) is 13.0 Å². The van der Waals surface area contributed by atoms with E-state index in [-0.39, 0.29) is 18.3 Å². The maximum absolute atomic E-state index is 12.2. The second-order valence-corrected chi connectivity index (χ2v) is 4.79. The van der Waals surface area contributed by atoms with E-state index < -0.39 is 12.0 Å². The second-order valence-electron chi connectivity index (χ2n) is 4.79. The average molecular weight is 299 g/mol. The van der Waals surface area contributed by atoms with E-state index in [0.717, 1.165) is 5.56 Å². The zero-order chi connectivity index (χ0) is 15.9. The van der Waals surface area contributed by atoms with Crippen LogP contribution >= 0.6 is 0 Å². The Balaban J connectivity index is 2.15. The Morgan fingerprint density at radius 1 is 1.09 bits per heavy atom. The number of benzene rings is 2. The van der Waals surface area contributed by atoms with E-state index in [1.807, 2.05) is 6.07 Å². The molecule has 1 atom stereocenters. The normalized spacial score (nSPS) is 11.5. The van der Waals surface area contributed by atoms with Crippen LogP contribution in [0.1, 0.15) is 28.9 Å². The number of aromatic hydroxyl groups is 1. The molecule has 2 rings (SSSR count). The molecular formula is C17H17NO4. The van der Waals surface area contributed by atoms with Crippen LogP contribution in [0.4, 0.5) is 0 Å². The van der Waals surface area contributed by atoms with Crippen molar-refractivity contribution in [2.24, 2.45) is 0 Å². The highest BCUT2D eigenvalue weighted by Crippen LogP contribution is 2.18. The highest BCUT2D eigenvalue weighted by molar-refractivity contribution is 5.94. The summed E-state index contributed by atoms with van der Waals surface area (Å²) in [6.07, 6.45) is 0. The molecule has 0 saturated carbocycles. The van der Waals surface area contributed by atoms with Crippen molar-refractivity contribution >= 4 is 11.9 Å². The van der Waals surface area contributed by atoms with Crippen LogP contribution in [-0.2, 0) is 9.53 Å². The van der Waals surface area contributed by atoms with Gasteiger partial charge in [0, 0.05) is 12.5 Å². The van der Waals surface area contributed by atoms with Crippen molar-refractivity contribution in [3.8, 4) is 5.75 Å². The first-order chi connectivity index (χ1) is 10.6. The number of rotatable bonds is 5. The van der Waals surface area contributed by atoms with Crippen molar-refractivity contribution in [2.75, 3.05) is 6.61 Å². The van der Waals surface area contributed by atoms with E-state index in [4.69, 9.17) is 4.74 Å². The Bertz CT molecular complexity index is 637. The topological polar surface area (TPSA) is 75.6 Å². The third kappa shape index (κ3) is 4.34. The van der Waals surface area contributed by atoms with Crippen molar-refractivity contribution < 1.29 is 19.4 Å². The van der Waals surface area contributed by atoms with E-state index in [9.17, 15) is 14.7 Å². The minimum atomic E-state index is -0.489. The lowest BCUT2D eigenvalue weighted by molar-refractivity contribution is -0.141. The molecule has 0 aliphatic carbocycles. The van der Waals surface area contributed by atoms with Gasteiger partial charge in [-0.15, -0.1) is 0 Å². The molecule has 0 radical (unpaired) electrons. The predicted octanol–water partition coefficient (Wildman–Crippen LogP) is 2.43. The average Bonchev–Trinajstić information content (AvgIpc) is 2.53. The van der Waals surface area contributed by atoms with Crippen LogP contribution in [0.25, 0.3) is 0 Å². The summed E-state index contributed by atoms with van der Waals surface area (Å²) < 4.78 is 5.01. The fraction of sp³-hybridized carbons (Fsp3) is 0.176. The van der Waals surface area contributed by atoms with Crippen LogP contribution in [0, 0.1) is 0 Å². The third-order valence-corrected chi connectivity index (χ3v) is 3.09. The Morgan fingerprint density at radius 2 is 1.73 bits per heavy atom. The van der Waals surface area contributed by atoms with Crippen LogP contribution in [0.15, 0.2) is 54.6 Å². The molecule has 0 spiro atoms. The number of carbonyl (C=O) groups excluding carboxylic acids is 2. The van der Waals surface area contributed by atoms with Crippen LogP contribution in [-0.4, -0.2) is 23.6 Å². The first kappa shape index (κ1) is 15.6. The number of nitrogens with one attached hydrogen (secondary N) is 1. The molecule has 5 heteroatoms. The van der Waals surface area contributed by atoms with Gasteiger partial charge >= 0.3 is 5.97 Å². The summed E-state index contributed by atoms with van der Waals surface area (Å²) in [7, 11) is 0. The molecule has 22 heavy (non-hydrogen) atoms. The number of phenols is 1. The minimum Gasteiger partial charge on any atom is -0.508 e. The van der Waals surface area contributed by atoms with Crippen LogP contribution < -0.4 is 5.32 Å². The van der Waals surface area contributed by atoms with Gasteiger partial charge in [-0.3, -0.25) is 9.59 Å². The van der Waals surface area contributed by atoms with Gasteiger partial charge in [0.15, 0.2) is 0 Å². The summed E-state index contributed by atoms with van der Waals surface area (Å²) in [5.41, 5.74) is 1.26. The van der Waals surface area contributed by atoms with Gasteiger partial charge in [-0.05, 0) is 29.8 Å². The number of carbonyl (C=O) groups is 2.